The number of tetrazole rings is 1. The van der Waals surface area contributed by atoms with Crippen LogP contribution in [0.5, 0.6) is 5.75 Å². The van der Waals surface area contributed by atoms with Crippen LogP contribution < -0.4 is 5.32 Å². The quantitative estimate of drug-likeness (QED) is 0.403. The zero-order valence-electron chi connectivity index (χ0n) is 17.0. The molecule has 0 radical (unpaired) electrons. The molecule has 2 aromatic carbocycles. The normalized spacial score (nSPS) is 11.4. The van der Waals surface area contributed by atoms with E-state index in [9.17, 15) is 18.3 Å². The number of nitrogens with zero attached hydrogens (tertiary/aromatic N) is 6. The van der Waals surface area contributed by atoms with Gasteiger partial charge < -0.3 is 10.4 Å². The lowest BCUT2D eigenvalue weighted by molar-refractivity contribution is 0.102. The molecule has 1 amide bonds. The summed E-state index contributed by atoms with van der Waals surface area (Å²) < 4.78 is 25.6. The van der Waals surface area contributed by atoms with Gasteiger partial charge in [0.1, 0.15) is 5.75 Å². The highest BCUT2D eigenvalue weighted by atomic mass is 32.2. The molecule has 0 spiro atoms. The topological polar surface area (TPSA) is 145 Å². The molecule has 164 valence electrons. The number of rotatable bonds is 7. The van der Waals surface area contributed by atoms with Crippen molar-refractivity contribution in [2.24, 2.45) is 0 Å². The summed E-state index contributed by atoms with van der Waals surface area (Å²) in [4.78, 5) is 13.9. The van der Waals surface area contributed by atoms with Crippen LogP contribution in [-0.2, 0) is 16.5 Å². The van der Waals surface area contributed by atoms with E-state index in [0.717, 1.165) is 5.56 Å². The summed E-state index contributed by atoms with van der Waals surface area (Å²) in [5.74, 6) is -0.499. The van der Waals surface area contributed by atoms with Crippen LogP contribution in [0.1, 0.15) is 17.4 Å². The molecular weight excluding hydrogens is 434 g/mol. The highest BCUT2D eigenvalue weighted by Gasteiger charge is 2.17. The average Bonchev–Trinajstić information content (AvgIpc) is 3.46. The van der Waals surface area contributed by atoms with Crippen LogP contribution in [0.2, 0.25) is 0 Å². The number of carbonyl (C=O) groups is 1. The number of sulfone groups is 1. The van der Waals surface area contributed by atoms with Crippen LogP contribution in [-0.4, -0.2) is 55.2 Å². The summed E-state index contributed by atoms with van der Waals surface area (Å²) in [5.41, 5.74) is 0.868. The maximum atomic E-state index is 12.6. The van der Waals surface area contributed by atoms with Crippen LogP contribution in [0.4, 0.5) is 5.69 Å². The van der Waals surface area contributed by atoms with Crippen molar-refractivity contribution in [3.05, 3.63) is 66.5 Å². The van der Waals surface area contributed by atoms with Crippen LogP contribution >= 0.6 is 0 Å². The maximum absolute atomic E-state index is 12.6. The smallest absolute Gasteiger partial charge is 0.276 e. The van der Waals surface area contributed by atoms with Gasteiger partial charge in [0.25, 0.3) is 5.91 Å². The van der Waals surface area contributed by atoms with Crippen molar-refractivity contribution in [3.63, 3.8) is 0 Å². The van der Waals surface area contributed by atoms with Crippen LogP contribution in [0, 0.1) is 0 Å². The molecule has 0 aliphatic carbocycles. The Bertz CT molecular complexity index is 1360. The molecule has 4 aromatic rings. The van der Waals surface area contributed by atoms with E-state index in [-0.39, 0.29) is 34.4 Å². The predicted molar refractivity (Wildman–Crippen MR) is 115 cm³/mol. The Balaban J connectivity index is 1.47. The van der Waals surface area contributed by atoms with E-state index in [4.69, 9.17) is 0 Å². The molecule has 0 unspecified atom stereocenters. The van der Waals surface area contributed by atoms with Crippen molar-refractivity contribution in [1.82, 2.24) is 30.0 Å². The predicted octanol–water partition coefficient (Wildman–Crippen LogP) is 1.79. The number of benzene rings is 2. The van der Waals surface area contributed by atoms with Gasteiger partial charge in [-0.1, -0.05) is 37.3 Å². The first-order valence-corrected chi connectivity index (χ1v) is 11.2. The number of nitrogens with one attached hydrogen (secondary N) is 1. The van der Waals surface area contributed by atoms with Gasteiger partial charge in [0, 0.05) is 11.8 Å². The van der Waals surface area contributed by atoms with E-state index in [1.165, 1.54) is 40.7 Å². The number of anilines is 1. The first-order valence-electron chi connectivity index (χ1n) is 9.59. The molecule has 0 saturated carbocycles. The molecular formula is C20H19N7O4S. The lowest BCUT2D eigenvalue weighted by Gasteiger charge is -2.08. The van der Waals surface area contributed by atoms with E-state index in [1.54, 1.807) is 6.20 Å². The number of amides is 1. The molecule has 2 heterocycles. The first kappa shape index (κ1) is 21.2. The highest BCUT2D eigenvalue weighted by molar-refractivity contribution is 7.91. The fourth-order valence-electron chi connectivity index (χ4n) is 2.86. The third kappa shape index (κ3) is 4.49. The molecule has 2 aromatic heterocycles. The molecule has 0 saturated heterocycles. The summed E-state index contributed by atoms with van der Waals surface area (Å²) in [5, 5.41) is 29.0. The van der Waals surface area contributed by atoms with Crippen molar-refractivity contribution >= 4 is 21.4 Å². The largest absolute Gasteiger partial charge is 0.506 e. The van der Waals surface area contributed by atoms with Gasteiger partial charge >= 0.3 is 0 Å². The van der Waals surface area contributed by atoms with Gasteiger partial charge in [0.2, 0.25) is 5.82 Å². The summed E-state index contributed by atoms with van der Waals surface area (Å²) in [6.07, 6.45) is 1.57. The number of carbonyl (C=O) groups excluding carboxylic acids is 1. The fourth-order valence-corrected chi connectivity index (χ4v) is 3.76. The second kappa shape index (κ2) is 8.59. The molecule has 0 fully saturated rings. The molecule has 0 aliphatic rings. The van der Waals surface area contributed by atoms with Crippen molar-refractivity contribution in [2.75, 3.05) is 11.1 Å². The highest BCUT2D eigenvalue weighted by Crippen LogP contribution is 2.27. The molecule has 32 heavy (non-hydrogen) atoms. The molecule has 11 nitrogen and oxygen atoms in total. The third-order valence-corrected chi connectivity index (χ3v) is 6.32. The van der Waals surface area contributed by atoms with Crippen LogP contribution in [0.3, 0.4) is 0 Å². The van der Waals surface area contributed by atoms with Crippen molar-refractivity contribution in [3.8, 4) is 17.1 Å². The Morgan fingerprint density at radius 1 is 1.09 bits per heavy atom. The van der Waals surface area contributed by atoms with Gasteiger partial charge in [-0.3, -0.25) is 4.79 Å². The van der Waals surface area contributed by atoms with Gasteiger partial charge in [-0.25, -0.2) is 13.1 Å². The number of hydrogen-bond donors (Lipinski definition) is 2. The van der Waals surface area contributed by atoms with E-state index in [2.05, 4.69) is 25.8 Å². The SMILES string of the molecule is CCS(=O)(=O)c1ccc(O)c(NC(=O)c2ccn(Cn3nnc(-c4ccccc4)n3)n2)c1. The zero-order chi connectivity index (χ0) is 22.7. The van der Waals surface area contributed by atoms with Gasteiger partial charge in [0.05, 0.1) is 16.3 Å². The maximum Gasteiger partial charge on any atom is 0.276 e. The molecule has 2 N–H and O–H groups in total. The van der Waals surface area contributed by atoms with Gasteiger partial charge in [-0.15, -0.1) is 15.0 Å². The van der Waals surface area contributed by atoms with E-state index in [1.807, 2.05) is 30.3 Å². The average molecular weight is 453 g/mol. The minimum absolute atomic E-state index is 0.00473. The van der Waals surface area contributed by atoms with E-state index < -0.39 is 15.7 Å². The lowest BCUT2D eigenvalue weighted by Crippen LogP contribution is -2.16. The summed E-state index contributed by atoms with van der Waals surface area (Å²) in [6.45, 7) is 1.64. The second-order valence-electron chi connectivity index (χ2n) is 6.77. The van der Waals surface area contributed by atoms with E-state index >= 15 is 0 Å². The Kier molecular flexibility index (Phi) is 5.69. The Morgan fingerprint density at radius 3 is 2.62 bits per heavy atom. The Morgan fingerprint density at radius 2 is 1.88 bits per heavy atom. The summed E-state index contributed by atoms with van der Waals surface area (Å²) in [7, 11) is -3.49. The number of hydrogen-bond acceptors (Lipinski definition) is 8. The number of phenols is 1. The number of aromatic nitrogens is 6. The van der Waals surface area contributed by atoms with Gasteiger partial charge in [-0.05, 0) is 29.5 Å². The zero-order valence-corrected chi connectivity index (χ0v) is 17.8. The monoisotopic (exact) mass is 453 g/mol. The number of phenolic OH excluding ortho intramolecular Hbond substituents is 1. The molecule has 0 atom stereocenters. The lowest BCUT2D eigenvalue weighted by atomic mass is 10.2. The molecule has 0 aliphatic heterocycles. The minimum atomic E-state index is -3.49. The summed E-state index contributed by atoms with van der Waals surface area (Å²) in [6, 6.07) is 14.6. The first-order chi connectivity index (χ1) is 15.4. The van der Waals surface area contributed by atoms with Crippen LogP contribution in [0.25, 0.3) is 11.4 Å². The molecule has 0 bridgehead atoms. The van der Waals surface area contributed by atoms with Crippen molar-refractivity contribution < 1.29 is 18.3 Å². The summed E-state index contributed by atoms with van der Waals surface area (Å²) >= 11 is 0. The fraction of sp³-hybridized carbons (Fsp3) is 0.150. The second-order valence-corrected chi connectivity index (χ2v) is 9.05. The van der Waals surface area contributed by atoms with E-state index in [0.29, 0.717) is 5.82 Å². The van der Waals surface area contributed by atoms with Gasteiger partial charge in [-0.2, -0.15) is 5.10 Å². The minimum Gasteiger partial charge on any atom is -0.506 e. The van der Waals surface area contributed by atoms with Crippen LogP contribution in [0.15, 0.2) is 65.7 Å². The third-order valence-electron chi connectivity index (χ3n) is 4.58. The van der Waals surface area contributed by atoms with Gasteiger partial charge in [0.15, 0.2) is 22.2 Å². The van der Waals surface area contributed by atoms with Crippen molar-refractivity contribution in [1.29, 1.82) is 0 Å². The Labute approximate surface area is 183 Å². The molecule has 12 heteroatoms. The number of aromatic hydroxyl groups is 1. The molecule has 4 rings (SSSR count). The Hall–Kier alpha value is -4.06. The van der Waals surface area contributed by atoms with Crippen molar-refractivity contribution in [2.45, 2.75) is 18.5 Å². The standard InChI is InChI=1S/C20H19N7O4S/c1-2-32(30,31)15-8-9-18(28)17(12-15)21-20(29)16-10-11-26(23-16)13-27-24-19(22-25-27)14-6-4-3-5-7-14/h3-12,28H,2,13H2,1H3,(H,21,29).